The van der Waals surface area contributed by atoms with E-state index in [0.717, 1.165) is 0 Å². The van der Waals surface area contributed by atoms with Crippen LogP contribution in [0.15, 0.2) is 23.1 Å². The first-order valence-electron chi connectivity index (χ1n) is 6.11. The fourth-order valence-corrected chi connectivity index (χ4v) is 3.30. The highest BCUT2D eigenvalue weighted by molar-refractivity contribution is 8.00. The lowest BCUT2D eigenvalue weighted by atomic mass is 9.85. The van der Waals surface area contributed by atoms with Gasteiger partial charge in [-0.1, -0.05) is 32.9 Å². The van der Waals surface area contributed by atoms with E-state index in [0.29, 0.717) is 6.04 Å². The number of benzene rings is 1. The fraction of sp³-hybridized carbons (Fsp3) is 0.571. The normalized spacial score (nSPS) is 24.1. The number of rotatable bonds is 1. The molecule has 2 rings (SSSR count). The summed E-state index contributed by atoms with van der Waals surface area (Å²) in [5.74, 6) is 0. The minimum atomic E-state index is 0.144. The summed E-state index contributed by atoms with van der Waals surface area (Å²) in [6, 6.07) is 6.74. The van der Waals surface area contributed by atoms with E-state index in [4.69, 9.17) is 0 Å². The Morgan fingerprint density at radius 3 is 2.65 bits per heavy atom. The number of hydrogen-bond donors (Lipinski definition) is 2. The van der Waals surface area contributed by atoms with Crippen LogP contribution >= 0.6 is 11.8 Å². The molecule has 2 nitrogen and oxygen atoms in total. The van der Waals surface area contributed by atoms with E-state index < -0.39 is 0 Å². The molecule has 0 bridgehead atoms. The average molecular weight is 251 g/mol. The van der Waals surface area contributed by atoms with E-state index in [1.807, 2.05) is 0 Å². The molecule has 0 spiro atoms. The van der Waals surface area contributed by atoms with E-state index in [1.54, 1.807) is 11.8 Å². The maximum absolute atomic E-state index is 9.36. The van der Waals surface area contributed by atoms with Crippen molar-refractivity contribution in [3.05, 3.63) is 23.8 Å². The quantitative estimate of drug-likeness (QED) is 0.803. The average Bonchev–Trinajstić information content (AvgIpc) is 2.26. The Labute approximate surface area is 108 Å². The molecule has 0 aliphatic carbocycles. The van der Waals surface area contributed by atoms with E-state index in [-0.39, 0.29) is 17.3 Å². The van der Waals surface area contributed by atoms with Crippen LogP contribution < -0.4 is 5.32 Å². The van der Waals surface area contributed by atoms with Gasteiger partial charge in [0.1, 0.15) is 0 Å². The largest absolute Gasteiger partial charge is 0.395 e. The Hall–Kier alpha value is -0.670. The van der Waals surface area contributed by atoms with Crippen LogP contribution in [0.2, 0.25) is 0 Å². The first-order valence-corrected chi connectivity index (χ1v) is 6.99. The summed E-state index contributed by atoms with van der Waals surface area (Å²) in [4.78, 5) is 1.26. The van der Waals surface area contributed by atoms with Gasteiger partial charge in [-0.15, -0.1) is 11.8 Å². The van der Waals surface area contributed by atoms with Crippen LogP contribution in [0.5, 0.6) is 0 Å². The zero-order valence-corrected chi connectivity index (χ0v) is 11.8. The van der Waals surface area contributed by atoms with Crippen molar-refractivity contribution in [3.63, 3.8) is 0 Å². The molecule has 2 atom stereocenters. The highest BCUT2D eigenvalue weighted by Gasteiger charge is 2.29. The molecule has 1 aromatic rings. The smallest absolute Gasteiger partial charge is 0.0573 e. The van der Waals surface area contributed by atoms with Gasteiger partial charge in [0.05, 0.1) is 17.5 Å². The van der Waals surface area contributed by atoms with Gasteiger partial charge in [0.2, 0.25) is 0 Å². The molecule has 3 heteroatoms. The van der Waals surface area contributed by atoms with Crippen LogP contribution in [0.3, 0.4) is 0 Å². The Morgan fingerprint density at radius 1 is 1.35 bits per heavy atom. The third kappa shape index (κ3) is 2.45. The molecule has 2 N–H and O–H groups in total. The molecule has 0 amide bonds. The summed E-state index contributed by atoms with van der Waals surface area (Å²) in [7, 11) is 0. The maximum atomic E-state index is 9.36. The molecule has 1 aromatic carbocycles. The molecule has 0 saturated carbocycles. The second-order valence-electron chi connectivity index (χ2n) is 5.70. The number of nitrogens with one attached hydrogen (secondary N) is 1. The molecule has 0 radical (unpaired) electrons. The summed E-state index contributed by atoms with van der Waals surface area (Å²) >= 11 is 1.78. The lowest BCUT2D eigenvalue weighted by Crippen LogP contribution is -2.35. The summed E-state index contributed by atoms with van der Waals surface area (Å²) in [6.45, 7) is 9.06. The summed E-state index contributed by atoms with van der Waals surface area (Å²) in [5, 5.41) is 13.2. The molecule has 1 aliphatic heterocycles. The van der Waals surface area contributed by atoms with Crippen molar-refractivity contribution < 1.29 is 5.11 Å². The second kappa shape index (κ2) is 4.54. The van der Waals surface area contributed by atoms with Gasteiger partial charge in [-0.25, -0.2) is 0 Å². The van der Waals surface area contributed by atoms with E-state index in [9.17, 15) is 5.11 Å². The van der Waals surface area contributed by atoms with Crippen LogP contribution in [-0.2, 0) is 5.41 Å². The van der Waals surface area contributed by atoms with Crippen LogP contribution in [0, 0.1) is 0 Å². The number of aliphatic hydroxyl groups is 1. The van der Waals surface area contributed by atoms with E-state index in [2.05, 4.69) is 51.2 Å². The lowest BCUT2D eigenvalue weighted by molar-refractivity contribution is 0.287. The molecular formula is C14H21NOS. The summed E-state index contributed by atoms with van der Waals surface area (Å²) in [5.41, 5.74) is 2.75. The summed E-state index contributed by atoms with van der Waals surface area (Å²) in [6.07, 6.45) is 0. The van der Waals surface area contributed by atoms with Crippen molar-refractivity contribution in [2.75, 3.05) is 11.9 Å². The Bertz CT molecular complexity index is 411. The van der Waals surface area contributed by atoms with Crippen LogP contribution in [0.4, 0.5) is 5.69 Å². The Kier molecular flexibility index (Phi) is 3.41. The van der Waals surface area contributed by atoms with Gasteiger partial charge in [0.25, 0.3) is 0 Å². The number of para-hydroxylation sites is 1. The van der Waals surface area contributed by atoms with Crippen molar-refractivity contribution in [2.24, 2.45) is 0 Å². The standard InChI is InChI=1S/C14H21NOS/c1-9-12(8-16)17-11-7-5-6-10(13(11)15-9)14(2,3)4/h5-7,9,12,15-16H,8H2,1-4H3. The van der Waals surface area contributed by atoms with Gasteiger partial charge >= 0.3 is 0 Å². The number of anilines is 1. The minimum absolute atomic E-state index is 0.144. The third-order valence-corrected chi connectivity index (χ3v) is 4.68. The van der Waals surface area contributed by atoms with Gasteiger partial charge in [-0.05, 0) is 24.0 Å². The molecule has 17 heavy (non-hydrogen) atoms. The minimum Gasteiger partial charge on any atom is -0.395 e. The first kappa shape index (κ1) is 12.8. The molecule has 0 aromatic heterocycles. The molecular weight excluding hydrogens is 230 g/mol. The van der Waals surface area contributed by atoms with Gasteiger partial charge < -0.3 is 10.4 Å². The van der Waals surface area contributed by atoms with Gasteiger partial charge in [0.15, 0.2) is 0 Å². The van der Waals surface area contributed by atoms with Crippen LogP contribution in [0.25, 0.3) is 0 Å². The van der Waals surface area contributed by atoms with E-state index in [1.165, 1.54) is 16.1 Å². The van der Waals surface area contributed by atoms with Crippen LogP contribution in [0.1, 0.15) is 33.3 Å². The summed E-state index contributed by atoms with van der Waals surface area (Å²) < 4.78 is 0. The van der Waals surface area contributed by atoms with Crippen molar-refractivity contribution in [3.8, 4) is 0 Å². The predicted octanol–water partition coefficient (Wildman–Crippen LogP) is 3.25. The highest BCUT2D eigenvalue weighted by atomic mass is 32.2. The molecule has 2 unspecified atom stereocenters. The zero-order chi connectivity index (χ0) is 12.6. The molecule has 0 fully saturated rings. The van der Waals surface area contributed by atoms with Crippen LogP contribution in [-0.4, -0.2) is 23.0 Å². The Balaban J connectivity index is 2.44. The topological polar surface area (TPSA) is 32.3 Å². The zero-order valence-electron chi connectivity index (χ0n) is 10.9. The third-order valence-electron chi connectivity index (χ3n) is 3.22. The Morgan fingerprint density at radius 2 is 2.06 bits per heavy atom. The molecule has 1 aliphatic rings. The molecule has 0 saturated heterocycles. The molecule has 94 valence electrons. The van der Waals surface area contributed by atoms with Crippen molar-refractivity contribution in [1.29, 1.82) is 0 Å². The second-order valence-corrected chi connectivity index (χ2v) is 6.98. The maximum Gasteiger partial charge on any atom is 0.0573 e. The number of thioether (sulfide) groups is 1. The number of fused-ring (bicyclic) bond motifs is 1. The lowest BCUT2D eigenvalue weighted by Gasteiger charge is -2.34. The number of aliphatic hydroxyl groups excluding tert-OH is 1. The van der Waals surface area contributed by atoms with Gasteiger partial charge in [0, 0.05) is 10.9 Å². The van der Waals surface area contributed by atoms with Crippen molar-refractivity contribution in [1.82, 2.24) is 0 Å². The molecule has 1 heterocycles. The number of hydrogen-bond acceptors (Lipinski definition) is 3. The van der Waals surface area contributed by atoms with Gasteiger partial charge in [-0.3, -0.25) is 0 Å². The predicted molar refractivity (Wildman–Crippen MR) is 75.0 cm³/mol. The monoisotopic (exact) mass is 251 g/mol. The SMILES string of the molecule is CC1Nc2c(cccc2C(C)(C)C)SC1CO. The van der Waals surface area contributed by atoms with Crippen molar-refractivity contribution in [2.45, 2.75) is 49.3 Å². The van der Waals surface area contributed by atoms with E-state index >= 15 is 0 Å². The van der Waals surface area contributed by atoms with Crippen molar-refractivity contribution >= 4 is 17.4 Å². The highest BCUT2D eigenvalue weighted by Crippen LogP contribution is 2.42. The fourth-order valence-electron chi connectivity index (χ4n) is 2.18. The van der Waals surface area contributed by atoms with Gasteiger partial charge in [-0.2, -0.15) is 0 Å². The first-order chi connectivity index (χ1) is 7.93.